The summed E-state index contributed by atoms with van der Waals surface area (Å²) in [5, 5.41) is 0. The first-order valence-corrected chi connectivity index (χ1v) is 7.41. The third-order valence-corrected chi connectivity index (χ3v) is 3.93. The van der Waals surface area contributed by atoms with Crippen molar-refractivity contribution in [3.8, 4) is 0 Å². The van der Waals surface area contributed by atoms with E-state index in [1.54, 1.807) is 12.3 Å². The quantitative estimate of drug-likeness (QED) is 0.906. The number of amides is 1. The molecule has 0 atom stereocenters. The first-order chi connectivity index (χ1) is 9.47. The predicted octanol–water partition coefficient (Wildman–Crippen LogP) is 1.41. The van der Waals surface area contributed by atoms with Gasteiger partial charge in [-0.3, -0.25) is 9.69 Å². The number of hydrogen-bond donors (Lipinski definition) is 1. The molecule has 1 saturated heterocycles. The molecule has 2 N–H and O–H groups in total. The monoisotopic (exact) mass is 278 g/mol. The molecule has 0 saturated carbocycles. The number of rotatable bonds is 4. The first kappa shape index (κ1) is 14.9. The van der Waals surface area contributed by atoms with Gasteiger partial charge >= 0.3 is 0 Å². The van der Waals surface area contributed by atoms with Crippen LogP contribution >= 0.6 is 0 Å². The molecule has 1 aliphatic rings. The van der Waals surface area contributed by atoms with Gasteiger partial charge in [-0.05, 0) is 24.9 Å². The minimum atomic E-state index is 0.0905. The Hall–Kier alpha value is -1.49. The number of aryl methyl sites for hydroxylation is 1. The molecule has 20 heavy (non-hydrogen) atoms. The number of piperazine rings is 1. The van der Waals surface area contributed by atoms with E-state index in [2.05, 4.69) is 18.7 Å². The third kappa shape index (κ3) is 3.54. The molecule has 1 aromatic rings. The van der Waals surface area contributed by atoms with Crippen LogP contribution in [0, 0.1) is 5.92 Å². The van der Waals surface area contributed by atoms with Crippen LogP contribution in [0.3, 0.4) is 0 Å². The SMILES string of the molecule is CC(C)CCN1CCN(C(=O)c2cc(N)cn2C)CC1. The van der Waals surface area contributed by atoms with Crippen molar-refractivity contribution in [2.24, 2.45) is 13.0 Å². The van der Waals surface area contributed by atoms with Crippen LogP contribution in [-0.4, -0.2) is 53.0 Å². The molecule has 5 heteroatoms. The Morgan fingerprint density at radius 2 is 1.95 bits per heavy atom. The van der Waals surface area contributed by atoms with E-state index in [1.807, 2.05) is 16.5 Å². The second-order valence-corrected chi connectivity index (χ2v) is 6.09. The van der Waals surface area contributed by atoms with E-state index >= 15 is 0 Å². The maximum absolute atomic E-state index is 12.4. The highest BCUT2D eigenvalue weighted by molar-refractivity contribution is 5.93. The number of nitrogens with two attached hydrogens (primary N) is 1. The van der Waals surface area contributed by atoms with E-state index in [4.69, 9.17) is 5.73 Å². The standard InChI is InChI=1S/C15H26N4O/c1-12(2)4-5-18-6-8-19(9-7-18)15(20)14-10-13(16)11-17(14)3/h10-12H,4-9,16H2,1-3H3. The average Bonchev–Trinajstić information content (AvgIpc) is 2.75. The van der Waals surface area contributed by atoms with Crippen LogP contribution in [0.2, 0.25) is 0 Å². The topological polar surface area (TPSA) is 54.5 Å². The molecule has 0 spiro atoms. The highest BCUT2D eigenvalue weighted by atomic mass is 16.2. The Labute approximate surface area is 121 Å². The van der Waals surface area contributed by atoms with Gasteiger partial charge < -0.3 is 15.2 Å². The van der Waals surface area contributed by atoms with Crippen molar-refractivity contribution in [3.63, 3.8) is 0 Å². The highest BCUT2D eigenvalue weighted by Crippen LogP contribution is 2.14. The van der Waals surface area contributed by atoms with Gasteiger partial charge in [0.15, 0.2) is 0 Å². The van der Waals surface area contributed by atoms with Crippen molar-refractivity contribution in [2.45, 2.75) is 20.3 Å². The molecule has 0 aromatic carbocycles. The number of carbonyl (C=O) groups is 1. The molecule has 1 aliphatic heterocycles. The van der Waals surface area contributed by atoms with E-state index in [0.29, 0.717) is 11.4 Å². The maximum Gasteiger partial charge on any atom is 0.270 e. The van der Waals surface area contributed by atoms with Gasteiger partial charge in [-0.25, -0.2) is 0 Å². The van der Waals surface area contributed by atoms with Crippen molar-refractivity contribution >= 4 is 11.6 Å². The minimum absolute atomic E-state index is 0.0905. The lowest BCUT2D eigenvalue weighted by Gasteiger charge is -2.35. The van der Waals surface area contributed by atoms with Gasteiger partial charge in [0, 0.05) is 39.4 Å². The van der Waals surface area contributed by atoms with Crippen molar-refractivity contribution < 1.29 is 4.79 Å². The largest absolute Gasteiger partial charge is 0.397 e. The summed E-state index contributed by atoms with van der Waals surface area (Å²) in [6.07, 6.45) is 3.01. The van der Waals surface area contributed by atoms with E-state index in [-0.39, 0.29) is 5.91 Å². The van der Waals surface area contributed by atoms with Crippen LogP contribution in [0.25, 0.3) is 0 Å². The summed E-state index contributed by atoms with van der Waals surface area (Å²) in [4.78, 5) is 16.8. The Kier molecular flexibility index (Phi) is 4.70. The zero-order valence-electron chi connectivity index (χ0n) is 12.8. The number of nitrogens with zero attached hydrogens (tertiary/aromatic N) is 3. The molecule has 0 aliphatic carbocycles. The molecule has 0 bridgehead atoms. The summed E-state index contributed by atoms with van der Waals surface area (Å²) in [5.74, 6) is 0.828. The van der Waals surface area contributed by atoms with E-state index in [1.165, 1.54) is 6.42 Å². The van der Waals surface area contributed by atoms with Gasteiger partial charge in [0.1, 0.15) is 5.69 Å². The smallest absolute Gasteiger partial charge is 0.270 e. The fourth-order valence-electron chi connectivity index (χ4n) is 2.58. The van der Waals surface area contributed by atoms with Crippen LogP contribution in [0.4, 0.5) is 5.69 Å². The number of nitrogen functional groups attached to an aromatic ring is 1. The van der Waals surface area contributed by atoms with Gasteiger partial charge in [0.2, 0.25) is 0 Å². The Balaban J connectivity index is 1.87. The lowest BCUT2D eigenvalue weighted by molar-refractivity contribution is 0.0622. The van der Waals surface area contributed by atoms with Gasteiger partial charge in [-0.2, -0.15) is 0 Å². The number of carbonyl (C=O) groups excluding carboxylic acids is 1. The van der Waals surface area contributed by atoms with Crippen LogP contribution < -0.4 is 5.73 Å². The minimum Gasteiger partial charge on any atom is -0.397 e. The fourth-order valence-corrected chi connectivity index (χ4v) is 2.58. The van der Waals surface area contributed by atoms with Crippen molar-refractivity contribution in [3.05, 3.63) is 18.0 Å². The van der Waals surface area contributed by atoms with E-state index in [9.17, 15) is 4.79 Å². The average molecular weight is 278 g/mol. The number of anilines is 1. The predicted molar refractivity (Wildman–Crippen MR) is 81.6 cm³/mol. The van der Waals surface area contributed by atoms with E-state index < -0.39 is 0 Å². The molecule has 5 nitrogen and oxygen atoms in total. The van der Waals surface area contributed by atoms with Crippen molar-refractivity contribution in [2.75, 3.05) is 38.5 Å². The van der Waals surface area contributed by atoms with Crippen molar-refractivity contribution in [1.82, 2.24) is 14.4 Å². The van der Waals surface area contributed by atoms with Gasteiger partial charge in [0.25, 0.3) is 5.91 Å². The van der Waals surface area contributed by atoms with Gasteiger partial charge in [-0.1, -0.05) is 13.8 Å². The van der Waals surface area contributed by atoms with Crippen LogP contribution in [0.15, 0.2) is 12.3 Å². The Bertz CT molecular complexity index is 458. The first-order valence-electron chi connectivity index (χ1n) is 7.41. The summed E-state index contributed by atoms with van der Waals surface area (Å²) < 4.78 is 1.81. The summed E-state index contributed by atoms with van der Waals surface area (Å²) in [5.41, 5.74) is 7.06. The molecule has 1 aromatic heterocycles. The summed E-state index contributed by atoms with van der Waals surface area (Å²) in [7, 11) is 1.86. The zero-order chi connectivity index (χ0) is 14.7. The summed E-state index contributed by atoms with van der Waals surface area (Å²) in [6.45, 7) is 9.19. The molecule has 2 heterocycles. The molecular formula is C15H26N4O. The fraction of sp³-hybridized carbons (Fsp3) is 0.667. The summed E-state index contributed by atoms with van der Waals surface area (Å²) >= 11 is 0. The molecule has 1 amide bonds. The van der Waals surface area contributed by atoms with Crippen molar-refractivity contribution in [1.29, 1.82) is 0 Å². The summed E-state index contributed by atoms with van der Waals surface area (Å²) in [6, 6.07) is 1.76. The molecule has 112 valence electrons. The van der Waals surface area contributed by atoms with Crippen LogP contribution in [-0.2, 0) is 7.05 Å². The molecular weight excluding hydrogens is 252 g/mol. The van der Waals surface area contributed by atoms with E-state index in [0.717, 1.165) is 38.6 Å². The van der Waals surface area contributed by atoms with Gasteiger partial charge in [0.05, 0.1) is 5.69 Å². The molecule has 0 unspecified atom stereocenters. The molecule has 1 fully saturated rings. The third-order valence-electron chi connectivity index (χ3n) is 3.93. The Morgan fingerprint density at radius 1 is 1.30 bits per heavy atom. The number of hydrogen-bond acceptors (Lipinski definition) is 3. The second kappa shape index (κ2) is 6.31. The normalized spacial score (nSPS) is 16.9. The lowest BCUT2D eigenvalue weighted by atomic mass is 10.1. The van der Waals surface area contributed by atoms with Crippen LogP contribution in [0.1, 0.15) is 30.8 Å². The van der Waals surface area contributed by atoms with Crippen LogP contribution in [0.5, 0.6) is 0 Å². The molecule has 0 radical (unpaired) electrons. The lowest BCUT2D eigenvalue weighted by Crippen LogP contribution is -2.49. The highest BCUT2D eigenvalue weighted by Gasteiger charge is 2.23. The van der Waals surface area contributed by atoms with Gasteiger partial charge in [-0.15, -0.1) is 0 Å². The zero-order valence-corrected chi connectivity index (χ0v) is 12.8. The molecule has 2 rings (SSSR count). The number of aromatic nitrogens is 1. The Morgan fingerprint density at radius 3 is 2.45 bits per heavy atom. The maximum atomic E-state index is 12.4. The second-order valence-electron chi connectivity index (χ2n) is 6.09.